The fraction of sp³-hybridized carbons (Fsp3) is 0.750. The Hall–Kier alpha value is -1.56. The number of urea groups is 1. The predicted molar refractivity (Wildman–Crippen MR) is 83.6 cm³/mol. The second-order valence-corrected chi connectivity index (χ2v) is 6.57. The molecule has 0 unspecified atom stereocenters. The van der Waals surface area contributed by atoms with E-state index in [1.54, 1.807) is 4.90 Å². The number of rotatable bonds is 4. The number of hydrogen-bond donors (Lipinski definition) is 1. The lowest BCUT2D eigenvalue weighted by Crippen LogP contribution is -2.48. The van der Waals surface area contributed by atoms with Gasteiger partial charge in [-0.2, -0.15) is 0 Å². The van der Waals surface area contributed by atoms with Crippen LogP contribution in [0, 0.1) is 5.92 Å². The Balaban J connectivity index is 1.47. The van der Waals surface area contributed by atoms with Crippen molar-refractivity contribution >= 4 is 6.03 Å². The van der Waals surface area contributed by atoms with E-state index in [1.807, 2.05) is 26.4 Å². The molecule has 1 N–H and O–H groups in total. The number of nitrogens with zero attached hydrogens (tertiary/aromatic N) is 3. The van der Waals surface area contributed by atoms with Gasteiger partial charge in [0.1, 0.15) is 5.82 Å². The van der Waals surface area contributed by atoms with Gasteiger partial charge in [-0.15, -0.1) is 0 Å². The molecule has 1 saturated heterocycles. The van der Waals surface area contributed by atoms with Gasteiger partial charge in [0.25, 0.3) is 0 Å². The van der Waals surface area contributed by atoms with E-state index in [-0.39, 0.29) is 18.2 Å². The SMILES string of the molecule is C[C@H](NC(=O)N(C)C[C@@H]1CCc2nccn2C1)[C@@H]1CCCO1. The zero-order chi connectivity index (χ0) is 15.5. The zero-order valence-electron chi connectivity index (χ0n) is 13.5. The second-order valence-electron chi connectivity index (χ2n) is 6.57. The summed E-state index contributed by atoms with van der Waals surface area (Å²) in [5.74, 6) is 1.66. The van der Waals surface area contributed by atoms with Gasteiger partial charge in [0.15, 0.2) is 0 Å². The number of fused-ring (bicyclic) bond motifs is 1. The van der Waals surface area contributed by atoms with Crippen LogP contribution in [0.2, 0.25) is 0 Å². The van der Waals surface area contributed by atoms with Gasteiger partial charge in [-0.05, 0) is 32.1 Å². The molecule has 0 spiro atoms. The average molecular weight is 306 g/mol. The lowest BCUT2D eigenvalue weighted by molar-refractivity contribution is 0.0833. The Morgan fingerprint density at radius 1 is 1.59 bits per heavy atom. The summed E-state index contributed by atoms with van der Waals surface area (Å²) in [5.41, 5.74) is 0. The van der Waals surface area contributed by atoms with E-state index in [4.69, 9.17) is 4.74 Å². The Morgan fingerprint density at radius 3 is 3.23 bits per heavy atom. The van der Waals surface area contributed by atoms with Crippen LogP contribution < -0.4 is 5.32 Å². The van der Waals surface area contributed by atoms with Crippen LogP contribution in [0.25, 0.3) is 0 Å². The molecule has 3 rings (SSSR count). The predicted octanol–water partition coefficient (Wildman–Crippen LogP) is 1.65. The fourth-order valence-electron chi connectivity index (χ4n) is 3.45. The molecular weight excluding hydrogens is 280 g/mol. The molecule has 0 aromatic carbocycles. The van der Waals surface area contributed by atoms with E-state index >= 15 is 0 Å². The van der Waals surface area contributed by atoms with Crippen LogP contribution in [0.15, 0.2) is 12.4 Å². The molecule has 6 heteroatoms. The summed E-state index contributed by atoms with van der Waals surface area (Å²) in [7, 11) is 1.88. The minimum Gasteiger partial charge on any atom is -0.376 e. The van der Waals surface area contributed by atoms with E-state index in [0.717, 1.165) is 51.2 Å². The number of nitrogens with one attached hydrogen (secondary N) is 1. The summed E-state index contributed by atoms with van der Waals surface area (Å²) in [4.78, 5) is 18.5. The highest BCUT2D eigenvalue weighted by Crippen LogP contribution is 2.20. The maximum atomic E-state index is 12.3. The van der Waals surface area contributed by atoms with Crippen molar-refractivity contribution in [1.29, 1.82) is 0 Å². The summed E-state index contributed by atoms with van der Waals surface area (Å²) in [6, 6.07) is 0.0727. The standard InChI is InChI=1S/C16H26N4O2/c1-12(14-4-3-9-22-14)18-16(21)19(2)10-13-5-6-15-17-7-8-20(15)11-13/h7-8,12-14H,3-6,9-11H2,1-2H3,(H,18,21)/t12-,13-,14-/m0/s1. The van der Waals surface area contributed by atoms with Crippen LogP contribution in [-0.2, 0) is 17.7 Å². The molecule has 2 aliphatic rings. The van der Waals surface area contributed by atoms with Crippen molar-refractivity contribution in [2.75, 3.05) is 20.2 Å². The lowest BCUT2D eigenvalue weighted by Gasteiger charge is -2.29. The van der Waals surface area contributed by atoms with Gasteiger partial charge < -0.3 is 19.5 Å². The summed E-state index contributed by atoms with van der Waals surface area (Å²) in [6.07, 6.45) is 8.28. The Bertz CT molecular complexity index is 510. The molecule has 3 atom stereocenters. The number of hydrogen-bond acceptors (Lipinski definition) is 3. The lowest BCUT2D eigenvalue weighted by atomic mass is 9.99. The molecule has 1 aromatic rings. The van der Waals surface area contributed by atoms with Crippen molar-refractivity contribution in [1.82, 2.24) is 19.8 Å². The van der Waals surface area contributed by atoms with E-state index in [9.17, 15) is 4.79 Å². The van der Waals surface area contributed by atoms with E-state index in [2.05, 4.69) is 14.9 Å². The number of aryl methyl sites for hydroxylation is 1. The summed E-state index contributed by atoms with van der Waals surface area (Å²) in [5, 5.41) is 3.07. The number of carbonyl (C=O) groups is 1. The summed E-state index contributed by atoms with van der Waals surface area (Å²) < 4.78 is 7.84. The maximum absolute atomic E-state index is 12.3. The zero-order valence-corrected chi connectivity index (χ0v) is 13.5. The van der Waals surface area contributed by atoms with Crippen molar-refractivity contribution in [3.05, 3.63) is 18.2 Å². The highest BCUT2D eigenvalue weighted by Gasteiger charge is 2.26. The Kier molecular flexibility index (Phi) is 4.66. The first-order valence-electron chi connectivity index (χ1n) is 8.26. The molecule has 1 aromatic heterocycles. The van der Waals surface area contributed by atoms with Crippen LogP contribution in [0.3, 0.4) is 0 Å². The van der Waals surface area contributed by atoms with Crippen molar-refractivity contribution in [2.24, 2.45) is 5.92 Å². The van der Waals surface area contributed by atoms with Gasteiger partial charge in [-0.3, -0.25) is 0 Å². The number of imidazole rings is 1. The largest absolute Gasteiger partial charge is 0.376 e. The average Bonchev–Trinajstić information content (AvgIpc) is 3.18. The van der Waals surface area contributed by atoms with Crippen molar-refractivity contribution < 1.29 is 9.53 Å². The highest BCUT2D eigenvalue weighted by atomic mass is 16.5. The van der Waals surface area contributed by atoms with E-state index < -0.39 is 0 Å². The van der Waals surface area contributed by atoms with Crippen LogP contribution in [-0.4, -0.2) is 52.8 Å². The van der Waals surface area contributed by atoms with E-state index in [1.165, 1.54) is 0 Å². The summed E-state index contributed by atoms with van der Waals surface area (Å²) in [6.45, 7) is 4.58. The van der Waals surface area contributed by atoms with Crippen LogP contribution in [0.5, 0.6) is 0 Å². The number of ether oxygens (including phenoxy) is 1. The first kappa shape index (κ1) is 15.3. The third-order valence-electron chi connectivity index (χ3n) is 4.79. The van der Waals surface area contributed by atoms with Crippen molar-refractivity contribution in [3.8, 4) is 0 Å². The van der Waals surface area contributed by atoms with E-state index in [0.29, 0.717) is 5.92 Å². The molecular formula is C16H26N4O2. The molecule has 122 valence electrons. The quantitative estimate of drug-likeness (QED) is 0.920. The summed E-state index contributed by atoms with van der Waals surface area (Å²) >= 11 is 0. The van der Waals surface area contributed by atoms with Gasteiger partial charge in [-0.1, -0.05) is 0 Å². The Morgan fingerprint density at radius 2 is 2.45 bits per heavy atom. The molecule has 3 heterocycles. The molecule has 0 bridgehead atoms. The number of amides is 2. The van der Waals surface area contributed by atoms with Gasteiger partial charge in [0, 0.05) is 45.6 Å². The van der Waals surface area contributed by atoms with Gasteiger partial charge in [0.05, 0.1) is 12.1 Å². The topological polar surface area (TPSA) is 59.4 Å². The third-order valence-corrected chi connectivity index (χ3v) is 4.79. The van der Waals surface area contributed by atoms with Crippen LogP contribution in [0.1, 0.15) is 32.0 Å². The molecule has 0 saturated carbocycles. The molecule has 2 aliphatic heterocycles. The highest BCUT2D eigenvalue weighted by molar-refractivity contribution is 5.74. The maximum Gasteiger partial charge on any atom is 0.317 e. The molecule has 1 fully saturated rings. The van der Waals surface area contributed by atoms with Crippen LogP contribution >= 0.6 is 0 Å². The smallest absolute Gasteiger partial charge is 0.317 e. The minimum atomic E-state index is -0.000530. The third kappa shape index (κ3) is 3.43. The Labute approximate surface area is 131 Å². The molecule has 0 radical (unpaired) electrons. The normalized spacial score (nSPS) is 25.5. The number of aromatic nitrogens is 2. The fourth-order valence-corrected chi connectivity index (χ4v) is 3.45. The van der Waals surface area contributed by atoms with Gasteiger partial charge >= 0.3 is 6.03 Å². The molecule has 0 aliphatic carbocycles. The van der Waals surface area contributed by atoms with Crippen molar-refractivity contribution in [2.45, 2.75) is 51.3 Å². The minimum absolute atomic E-state index is 0.000530. The van der Waals surface area contributed by atoms with Crippen LogP contribution in [0.4, 0.5) is 4.79 Å². The monoisotopic (exact) mass is 306 g/mol. The van der Waals surface area contributed by atoms with Gasteiger partial charge in [-0.25, -0.2) is 9.78 Å². The molecule has 6 nitrogen and oxygen atoms in total. The first-order chi connectivity index (χ1) is 10.6. The first-order valence-corrected chi connectivity index (χ1v) is 8.26. The van der Waals surface area contributed by atoms with Crippen molar-refractivity contribution in [3.63, 3.8) is 0 Å². The molecule has 2 amide bonds. The number of carbonyl (C=O) groups excluding carboxylic acids is 1. The second kappa shape index (κ2) is 6.69. The van der Waals surface area contributed by atoms with Gasteiger partial charge in [0.2, 0.25) is 0 Å². The molecule has 22 heavy (non-hydrogen) atoms.